The van der Waals surface area contributed by atoms with Crippen molar-refractivity contribution in [2.75, 3.05) is 0 Å². The number of nitrogens with zero attached hydrogens (tertiary/aromatic N) is 1. The molecule has 0 aliphatic rings. The van der Waals surface area contributed by atoms with Crippen molar-refractivity contribution in [2.45, 2.75) is 13.0 Å². The van der Waals surface area contributed by atoms with Gasteiger partial charge in [-0.15, -0.1) is 11.3 Å². The number of halogens is 1. The summed E-state index contributed by atoms with van der Waals surface area (Å²) in [6.07, 6.45) is 1.06. The molecule has 2 aromatic rings. The summed E-state index contributed by atoms with van der Waals surface area (Å²) in [5.74, 6) is 0. The quantitative estimate of drug-likeness (QED) is 0.873. The van der Waals surface area contributed by atoms with E-state index in [0.717, 1.165) is 16.1 Å². The number of aryl methyl sites for hydroxylation is 1. The fourth-order valence-corrected chi connectivity index (χ4v) is 2.37. The highest BCUT2D eigenvalue weighted by Gasteiger charge is 2.12. The molecule has 0 saturated heterocycles. The molecule has 0 aliphatic carbocycles. The Bertz CT molecular complexity index is 452. The Labute approximate surface area is 97.2 Å². The van der Waals surface area contributed by atoms with Gasteiger partial charge in [-0.05, 0) is 19.1 Å². The van der Waals surface area contributed by atoms with Crippen molar-refractivity contribution in [1.29, 1.82) is 0 Å². The van der Waals surface area contributed by atoms with Gasteiger partial charge in [-0.3, -0.25) is 4.98 Å². The van der Waals surface area contributed by atoms with E-state index < -0.39 is 6.10 Å². The fourth-order valence-electron chi connectivity index (χ4n) is 1.28. The summed E-state index contributed by atoms with van der Waals surface area (Å²) in [4.78, 5) is 4.98. The lowest BCUT2D eigenvalue weighted by Gasteiger charge is -2.07. The molecule has 2 rings (SSSR count). The number of aliphatic hydroxyl groups is 1. The van der Waals surface area contributed by atoms with Gasteiger partial charge in [0, 0.05) is 27.7 Å². The first-order valence-corrected chi connectivity index (χ1v) is 5.77. The monoisotopic (exact) mass is 239 g/mol. The Hall–Kier alpha value is -0.900. The van der Waals surface area contributed by atoms with Crippen molar-refractivity contribution < 1.29 is 5.11 Å². The SMILES string of the molecule is Cc1ccc(C(O)c2cc(Cl)cs2)cn1. The molecule has 1 N–H and O–H groups in total. The Morgan fingerprint density at radius 2 is 2.27 bits per heavy atom. The number of thiophene rings is 1. The van der Waals surface area contributed by atoms with E-state index in [-0.39, 0.29) is 0 Å². The molecule has 0 spiro atoms. The molecule has 0 aliphatic heterocycles. The Morgan fingerprint density at radius 3 is 2.80 bits per heavy atom. The lowest BCUT2D eigenvalue weighted by molar-refractivity contribution is 0.223. The number of rotatable bonds is 2. The van der Waals surface area contributed by atoms with Crippen LogP contribution in [0.2, 0.25) is 5.02 Å². The largest absolute Gasteiger partial charge is 0.383 e. The van der Waals surface area contributed by atoms with Crippen LogP contribution < -0.4 is 0 Å². The minimum atomic E-state index is -0.629. The van der Waals surface area contributed by atoms with Crippen molar-refractivity contribution in [3.8, 4) is 0 Å². The van der Waals surface area contributed by atoms with Gasteiger partial charge in [-0.1, -0.05) is 17.7 Å². The molecule has 15 heavy (non-hydrogen) atoms. The predicted molar refractivity (Wildman–Crippen MR) is 62.4 cm³/mol. The van der Waals surface area contributed by atoms with Gasteiger partial charge in [0.25, 0.3) is 0 Å². The van der Waals surface area contributed by atoms with Crippen LogP contribution >= 0.6 is 22.9 Å². The van der Waals surface area contributed by atoms with Crippen LogP contribution in [0.4, 0.5) is 0 Å². The van der Waals surface area contributed by atoms with E-state index in [4.69, 9.17) is 11.6 Å². The highest BCUT2D eigenvalue weighted by atomic mass is 35.5. The topological polar surface area (TPSA) is 33.1 Å². The van der Waals surface area contributed by atoms with Gasteiger partial charge in [0.05, 0.1) is 5.02 Å². The van der Waals surface area contributed by atoms with Gasteiger partial charge < -0.3 is 5.11 Å². The minimum absolute atomic E-state index is 0.629. The van der Waals surface area contributed by atoms with Gasteiger partial charge in [-0.2, -0.15) is 0 Å². The highest BCUT2D eigenvalue weighted by Crippen LogP contribution is 2.29. The molecule has 0 amide bonds. The first-order valence-electron chi connectivity index (χ1n) is 4.51. The molecule has 1 atom stereocenters. The number of hydrogen-bond donors (Lipinski definition) is 1. The van der Waals surface area contributed by atoms with Crippen LogP contribution in [0.3, 0.4) is 0 Å². The van der Waals surface area contributed by atoms with E-state index in [1.54, 1.807) is 12.3 Å². The van der Waals surface area contributed by atoms with Crippen LogP contribution in [0.1, 0.15) is 22.2 Å². The average Bonchev–Trinajstić information content (AvgIpc) is 2.65. The first-order chi connectivity index (χ1) is 7.16. The molecule has 4 heteroatoms. The molecule has 2 nitrogen and oxygen atoms in total. The molecule has 2 heterocycles. The standard InChI is InChI=1S/C11H10ClNOS/c1-7-2-3-8(5-13-7)11(14)10-4-9(12)6-15-10/h2-6,11,14H,1H3. The third-order valence-electron chi connectivity index (χ3n) is 2.11. The zero-order chi connectivity index (χ0) is 10.8. The van der Waals surface area contributed by atoms with Crippen molar-refractivity contribution in [2.24, 2.45) is 0 Å². The van der Waals surface area contributed by atoms with Crippen LogP contribution in [0.5, 0.6) is 0 Å². The minimum Gasteiger partial charge on any atom is -0.383 e. The second-order valence-electron chi connectivity index (χ2n) is 3.30. The Balaban J connectivity index is 2.28. The summed E-state index contributed by atoms with van der Waals surface area (Å²) in [5.41, 5.74) is 1.73. The molecule has 2 aromatic heterocycles. The van der Waals surface area contributed by atoms with Crippen LogP contribution in [0, 0.1) is 6.92 Å². The maximum Gasteiger partial charge on any atom is 0.115 e. The van der Waals surface area contributed by atoms with Crippen molar-refractivity contribution in [3.63, 3.8) is 0 Å². The second kappa shape index (κ2) is 4.31. The molecule has 78 valence electrons. The van der Waals surface area contributed by atoms with E-state index in [2.05, 4.69) is 4.98 Å². The van der Waals surface area contributed by atoms with E-state index >= 15 is 0 Å². The number of aliphatic hydroxyl groups excluding tert-OH is 1. The fraction of sp³-hybridized carbons (Fsp3) is 0.182. The predicted octanol–water partition coefficient (Wildman–Crippen LogP) is 3.19. The van der Waals surface area contributed by atoms with Gasteiger partial charge in [0.15, 0.2) is 0 Å². The lowest BCUT2D eigenvalue weighted by Crippen LogP contribution is -1.97. The van der Waals surface area contributed by atoms with E-state index in [1.807, 2.05) is 24.4 Å². The maximum atomic E-state index is 10.0. The molecular formula is C11H10ClNOS. The molecule has 0 fully saturated rings. The van der Waals surface area contributed by atoms with Gasteiger partial charge in [0.1, 0.15) is 6.10 Å². The van der Waals surface area contributed by atoms with Crippen LogP contribution in [0.15, 0.2) is 29.8 Å². The summed E-state index contributed by atoms with van der Waals surface area (Å²) in [5, 5.41) is 12.5. The van der Waals surface area contributed by atoms with Crippen LogP contribution in [-0.4, -0.2) is 10.1 Å². The number of hydrogen-bond acceptors (Lipinski definition) is 3. The smallest absolute Gasteiger partial charge is 0.115 e. The summed E-state index contributed by atoms with van der Waals surface area (Å²) in [6, 6.07) is 5.53. The van der Waals surface area contributed by atoms with Crippen molar-refractivity contribution in [3.05, 3.63) is 50.9 Å². The third kappa shape index (κ3) is 2.37. The number of pyridine rings is 1. The molecular weight excluding hydrogens is 230 g/mol. The number of aromatic nitrogens is 1. The molecule has 0 aromatic carbocycles. The summed E-state index contributed by atoms with van der Waals surface area (Å²) < 4.78 is 0. The Kier molecular flexibility index (Phi) is 3.05. The zero-order valence-electron chi connectivity index (χ0n) is 8.14. The van der Waals surface area contributed by atoms with Gasteiger partial charge in [-0.25, -0.2) is 0 Å². The van der Waals surface area contributed by atoms with E-state index in [0.29, 0.717) is 5.02 Å². The second-order valence-corrected chi connectivity index (χ2v) is 4.68. The van der Waals surface area contributed by atoms with Crippen molar-refractivity contribution >= 4 is 22.9 Å². The molecule has 1 unspecified atom stereocenters. The Morgan fingerprint density at radius 1 is 1.47 bits per heavy atom. The van der Waals surface area contributed by atoms with Crippen molar-refractivity contribution in [1.82, 2.24) is 4.98 Å². The average molecular weight is 240 g/mol. The summed E-state index contributed by atoms with van der Waals surface area (Å²) >= 11 is 7.25. The normalized spacial score (nSPS) is 12.7. The maximum absolute atomic E-state index is 10.0. The van der Waals surface area contributed by atoms with Gasteiger partial charge >= 0.3 is 0 Å². The van der Waals surface area contributed by atoms with Gasteiger partial charge in [0.2, 0.25) is 0 Å². The van der Waals surface area contributed by atoms with E-state index in [9.17, 15) is 5.11 Å². The summed E-state index contributed by atoms with van der Waals surface area (Å²) in [7, 11) is 0. The van der Waals surface area contributed by atoms with Crippen LogP contribution in [-0.2, 0) is 0 Å². The molecule has 0 radical (unpaired) electrons. The third-order valence-corrected chi connectivity index (χ3v) is 3.44. The summed E-state index contributed by atoms with van der Waals surface area (Å²) in [6.45, 7) is 1.91. The van der Waals surface area contributed by atoms with Crippen LogP contribution in [0.25, 0.3) is 0 Å². The van der Waals surface area contributed by atoms with E-state index in [1.165, 1.54) is 11.3 Å². The highest BCUT2D eigenvalue weighted by molar-refractivity contribution is 7.10. The molecule has 0 bridgehead atoms. The molecule has 0 saturated carbocycles. The zero-order valence-corrected chi connectivity index (χ0v) is 9.72. The first kappa shape index (κ1) is 10.6. The lowest BCUT2D eigenvalue weighted by atomic mass is 10.1.